The highest BCUT2D eigenvalue weighted by molar-refractivity contribution is 6.01. The molecule has 1 aliphatic rings. The molecular formula is C27H34O5. The lowest BCUT2D eigenvalue weighted by Gasteiger charge is -2.18. The molecule has 32 heavy (non-hydrogen) atoms. The van der Waals surface area contributed by atoms with Crippen molar-refractivity contribution in [3.63, 3.8) is 0 Å². The number of hydrogen-bond donors (Lipinski definition) is 0. The van der Waals surface area contributed by atoms with Crippen molar-refractivity contribution in [2.24, 2.45) is 5.92 Å². The van der Waals surface area contributed by atoms with E-state index in [1.807, 2.05) is 50.2 Å². The minimum Gasteiger partial charge on any atom is -0.493 e. The van der Waals surface area contributed by atoms with E-state index in [1.165, 1.54) is 7.11 Å². The summed E-state index contributed by atoms with van der Waals surface area (Å²) in [6.07, 6.45) is 4.52. The second-order valence-electron chi connectivity index (χ2n) is 8.55. The minimum atomic E-state index is -0.204. The summed E-state index contributed by atoms with van der Waals surface area (Å²) in [5, 5.41) is 0. The Morgan fingerprint density at radius 3 is 2.56 bits per heavy atom. The van der Waals surface area contributed by atoms with Gasteiger partial charge >= 0.3 is 5.97 Å². The first kappa shape index (κ1) is 23.8. The molecule has 0 aliphatic heterocycles. The van der Waals surface area contributed by atoms with E-state index in [0.29, 0.717) is 31.6 Å². The van der Waals surface area contributed by atoms with E-state index in [1.54, 1.807) is 0 Å². The second kappa shape index (κ2) is 11.2. The fraction of sp³-hybridized carbons (Fsp3) is 0.481. The lowest BCUT2D eigenvalue weighted by Crippen LogP contribution is -2.18. The lowest BCUT2D eigenvalue weighted by atomic mass is 10.0. The van der Waals surface area contributed by atoms with Crippen LogP contribution in [0.1, 0.15) is 66.6 Å². The highest BCUT2D eigenvalue weighted by Gasteiger charge is 2.32. The first-order valence-electron chi connectivity index (χ1n) is 11.5. The second-order valence-corrected chi connectivity index (χ2v) is 8.55. The predicted molar refractivity (Wildman–Crippen MR) is 125 cm³/mol. The maximum Gasteiger partial charge on any atom is 0.305 e. The summed E-state index contributed by atoms with van der Waals surface area (Å²) in [5.74, 6) is 1.65. The number of rotatable bonds is 12. The van der Waals surface area contributed by atoms with Crippen molar-refractivity contribution in [2.45, 2.75) is 65.4 Å². The number of carbonyl (C=O) groups excluding carboxylic acids is 2. The molecule has 0 bridgehead atoms. The van der Waals surface area contributed by atoms with Crippen LogP contribution in [0.3, 0.4) is 0 Å². The summed E-state index contributed by atoms with van der Waals surface area (Å²) in [6.45, 7) is 6.63. The summed E-state index contributed by atoms with van der Waals surface area (Å²) in [7, 11) is 1.41. The molecule has 1 fully saturated rings. The van der Waals surface area contributed by atoms with Crippen molar-refractivity contribution in [1.82, 2.24) is 0 Å². The zero-order chi connectivity index (χ0) is 23.1. The molecule has 1 saturated carbocycles. The zero-order valence-electron chi connectivity index (χ0n) is 19.6. The van der Waals surface area contributed by atoms with Gasteiger partial charge in [-0.25, -0.2) is 0 Å². The molecule has 2 aromatic carbocycles. The zero-order valence-corrected chi connectivity index (χ0v) is 19.6. The van der Waals surface area contributed by atoms with Gasteiger partial charge in [0.1, 0.15) is 11.5 Å². The van der Waals surface area contributed by atoms with Crippen LogP contribution in [0.4, 0.5) is 0 Å². The number of carbonyl (C=O) groups is 2. The summed E-state index contributed by atoms with van der Waals surface area (Å²) in [4.78, 5) is 24.1. The van der Waals surface area contributed by atoms with E-state index in [4.69, 9.17) is 14.2 Å². The molecule has 2 aromatic rings. The van der Waals surface area contributed by atoms with Crippen LogP contribution in [0.15, 0.2) is 36.4 Å². The van der Waals surface area contributed by atoms with Crippen molar-refractivity contribution in [1.29, 1.82) is 0 Å². The van der Waals surface area contributed by atoms with Gasteiger partial charge in [-0.05, 0) is 80.5 Å². The van der Waals surface area contributed by atoms with E-state index in [2.05, 4.69) is 6.92 Å². The molecule has 0 radical (unpaired) electrons. The van der Waals surface area contributed by atoms with Crippen LogP contribution in [0.25, 0.3) is 0 Å². The van der Waals surface area contributed by atoms with Crippen LogP contribution in [0, 0.1) is 12.8 Å². The largest absolute Gasteiger partial charge is 0.493 e. The van der Waals surface area contributed by atoms with Crippen LogP contribution in [-0.2, 0) is 22.4 Å². The Labute approximate surface area is 191 Å². The monoisotopic (exact) mass is 438 g/mol. The number of methoxy groups -OCH3 is 1. The molecule has 0 amide bonds. The van der Waals surface area contributed by atoms with Gasteiger partial charge < -0.3 is 14.2 Å². The molecule has 1 atom stereocenters. The molecule has 3 rings (SSSR count). The maximum absolute atomic E-state index is 12.7. The maximum atomic E-state index is 12.7. The minimum absolute atomic E-state index is 0.0753. The van der Waals surface area contributed by atoms with E-state index in [0.717, 1.165) is 47.3 Å². The van der Waals surface area contributed by atoms with Gasteiger partial charge in [-0.1, -0.05) is 19.1 Å². The lowest BCUT2D eigenvalue weighted by molar-refractivity contribution is -0.140. The first-order valence-corrected chi connectivity index (χ1v) is 11.5. The van der Waals surface area contributed by atoms with Crippen molar-refractivity contribution in [3.05, 3.63) is 58.7 Å². The van der Waals surface area contributed by atoms with Gasteiger partial charge in [-0.15, -0.1) is 0 Å². The van der Waals surface area contributed by atoms with Crippen molar-refractivity contribution < 1.29 is 23.8 Å². The molecule has 5 heteroatoms. The molecular weight excluding hydrogens is 404 g/mol. The van der Waals surface area contributed by atoms with Crippen LogP contribution < -0.4 is 9.47 Å². The number of esters is 1. The summed E-state index contributed by atoms with van der Waals surface area (Å²) in [5.41, 5.74) is 4.08. The van der Waals surface area contributed by atoms with Gasteiger partial charge in [0.05, 0.1) is 25.4 Å². The van der Waals surface area contributed by atoms with E-state index in [-0.39, 0.29) is 23.8 Å². The summed E-state index contributed by atoms with van der Waals surface area (Å²) in [6, 6.07) is 11.9. The molecule has 172 valence electrons. The van der Waals surface area contributed by atoms with Crippen LogP contribution >= 0.6 is 0 Å². The van der Waals surface area contributed by atoms with Crippen LogP contribution in [0.5, 0.6) is 11.5 Å². The number of ether oxygens (including phenoxy) is 3. The first-order chi connectivity index (χ1) is 15.4. The molecule has 5 nitrogen and oxygen atoms in total. The number of Topliss-reactive ketones (excluding diaryl/α,β-unsaturated/α-hetero) is 1. The molecule has 0 heterocycles. The normalized spacial score (nSPS) is 14.0. The van der Waals surface area contributed by atoms with Gasteiger partial charge in [0.15, 0.2) is 5.78 Å². The summed E-state index contributed by atoms with van der Waals surface area (Å²) >= 11 is 0. The Morgan fingerprint density at radius 1 is 1.12 bits per heavy atom. The van der Waals surface area contributed by atoms with Gasteiger partial charge in [-0.2, -0.15) is 0 Å². The highest BCUT2D eigenvalue weighted by Crippen LogP contribution is 2.36. The van der Waals surface area contributed by atoms with Gasteiger partial charge in [0, 0.05) is 18.8 Å². The smallest absolute Gasteiger partial charge is 0.305 e. The Balaban J connectivity index is 1.52. The third-order valence-electron chi connectivity index (χ3n) is 5.93. The Morgan fingerprint density at radius 2 is 1.91 bits per heavy atom. The van der Waals surface area contributed by atoms with Crippen molar-refractivity contribution in [2.75, 3.05) is 13.7 Å². The Hall–Kier alpha value is -2.82. The average Bonchev–Trinajstić information content (AvgIpc) is 3.63. The average molecular weight is 439 g/mol. The van der Waals surface area contributed by atoms with Gasteiger partial charge in [-0.3, -0.25) is 9.59 Å². The molecule has 0 saturated heterocycles. The third-order valence-corrected chi connectivity index (χ3v) is 5.93. The quantitative estimate of drug-likeness (QED) is 0.324. The predicted octanol–water partition coefficient (Wildman–Crippen LogP) is 5.49. The number of benzene rings is 2. The number of ketones is 1. The Kier molecular flexibility index (Phi) is 8.32. The van der Waals surface area contributed by atoms with Gasteiger partial charge in [0.2, 0.25) is 0 Å². The van der Waals surface area contributed by atoms with Crippen LogP contribution in [0.2, 0.25) is 0 Å². The number of hydrogen-bond acceptors (Lipinski definition) is 5. The van der Waals surface area contributed by atoms with Crippen LogP contribution in [-0.4, -0.2) is 31.6 Å². The van der Waals surface area contributed by atoms with Crippen molar-refractivity contribution in [3.8, 4) is 11.5 Å². The molecule has 0 aromatic heterocycles. The molecule has 0 spiro atoms. The molecule has 1 aliphatic carbocycles. The fourth-order valence-corrected chi connectivity index (χ4v) is 3.65. The fourth-order valence-electron chi connectivity index (χ4n) is 3.65. The highest BCUT2D eigenvalue weighted by atomic mass is 16.5. The molecule has 1 unspecified atom stereocenters. The van der Waals surface area contributed by atoms with Gasteiger partial charge in [0.25, 0.3) is 0 Å². The third kappa shape index (κ3) is 6.59. The summed E-state index contributed by atoms with van der Waals surface area (Å²) < 4.78 is 16.8. The topological polar surface area (TPSA) is 61.8 Å². The van der Waals surface area contributed by atoms with E-state index >= 15 is 0 Å². The van der Waals surface area contributed by atoms with E-state index in [9.17, 15) is 9.59 Å². The SMILES string of the molecule is CCc1ccc(OC(C)CCOc2ccc(CCC(=O)OC)c(C)c2)c(C(=O)C2CC2)c1. The standard InChI is InChI=1S/C27H34O5/c1-5-20-6-12-25(24(17-20)27(29)22-7-8-22)32-19(3)14-15-31-23-11-9-21(18(2)16-23)10-13-26(28)30-4/h6,9,11-12,16-17,19,22H,5,7-8,10,13-15H2,1-4H3. The number of aryl methyl sites for hydroxylation is 3. The Bertz CT molecular complexity index is 945. The molecule has 0 N–H and O–H groups in total. The van der Waals surface area contributed by atoms with Crippen molar-refractivity contribution >= 4 is 11.8 Å². The van der Waals surface area contributed by atoms with E-state index < -0.39 is 0 Å².